The summed E-state index contributed by atoms with van der Waals surface area (Å²) < 4.78 is 5.02. The second-order valence-electron chi connectivity index (χ2n) is 4.58. The smallest absolute Gasteiger partial charge is 0.338 e. The van der Waals surface area contributed by atoms with Gasteiger partial charge in [0.05, 0.1) is 11.7 Å². The van der Waals surface area contributed by atoms with Gasteiger partial charge in [-0.3, -0.25) is 9.59 Å². The van der Waals surface area contributed by atoms with Crippen molar-refractivity contribution in [3.63, 3.8) is 0 Å². The number of aliphatic carboxylic acids is 1. The van der Waals surface area contributed by atoms with E-state index >= 15 is 0 Å². The molecular weight excluding hydrogens is 262 g/mol. The van der Waals surface area contributed by atoms with Crippen molar-refractivity contribution in [2.24, 2.45) is 5.92 Å². The number of carbonyl (C=O) groups excluding carboxylic acids is 2. The predicted octanol–water partition coefficient (Wildman–Crippen LogP) is 1.91. The van der Waals surface area contributed by atoms with E-state index in [1.807, 2.05) is 0 Å². The van der Waals surface area contributed by atoms with Crippen LogP contribution in [0.4, 0.5) is 5.69 Å². The van der Waals surface area contributed by atoms with Crippen molar-refractivity contribution < 1.29 is 24.2 Å². The van der Waals surface area contributed by atoms with Gasteiger partial charge >= 0.3 is 11.9 Å². The molecule has 0 spiro atoms. The summed E-state index contributed by atoms with van der Waals surface area (Å²) in [6.07, 6.45) is -0.210. The van der Waals surface area contributed by atoms with Crippen molar-refractivity contribution in [1.29, 1.82) is 0 Å². The first-order valence-corrected chi connectivity index (χ1v) is 6.16. The normalized spacial score (nSPS) is 11.8. The van der Waals surface area contributed by atoms with E-state index in [9.17, 15) is 14.4 Å². The highest BCUT2D eigenvalue weighted by atomic mass is 16.5. The second kappa shape index (κ2) is 6.70. The van der Waals surface area contributed by atoms with Gasteiger partial charge in [0.1, 0.15) is 5.92 Å². The van der Waals surface area contributed by atoms with Crippen LogP contribution < -0.4 is 5.32 Å². The molecule has 1 rings (SSSR count). The van der Waals surface area contributed by atoms with Gasteiger partial charge < -0.3 is 15.2 Å². The van der Waals surface area contributed by atoms with Crippen LogP contribution in [0.3, 0.4) is 0 Å². The molecule has 1 amide bonds. The van der Waals surface area contributed by atoms with Crippen LogP contribution in [-0.2, 0) is 14.3 Å². The van der Waals surface area contributed by atoms with Gasteiger partial charge in [-0.25, -0.2) is 4.79 Å². The number of hydrogen-bond donors (Lipinski definition) is 2. The lowest BCUT2D eigenvalue weighted by Crippen LogP contribution is -2.26. The average Bonchev–Trinajstić information content (AvgIpc) is 2.37. The van der Waals surface area contributed by atoms with Gasteiger partial charge in [-0.1, -0.05) is 0 Å². The van der Waals surface area contributed by atoms with E-state index in [4.69, 9.17) is 9.84 Å². The number of amides is 1. The fraction of sp³-hybridized carbons (Fsp3) is 0.357. The quantitative estimate of drug-likeness (QED) is 0.634. The van der Waals surface area contributed by atoms with Crippen LogP contribution in [0.15, 0.2) is 24.3 Å². The van der Waals surface area contributed by atoms with Gasteiger partial charge in [0, 0.05) is 5.69 Å². The van der Waals surface area contributed by atoms with Crippen LogP contribution in [0, 0.1) is 5.92 Å². The third-order valence-electron chi connectivity index (χ3n) is 2.49. The van der Waals surface area contributed by atoms with Gasteiger partial charge in [-0.05, 0) is 45.0 Å². The number of nitrogens with one attached hydrogen (secondary N) is 1. The fourth-order valence-electron chi connectivity index (χ4n) is 1.33. The number of rotatable bonds is 5. The summed E-state index contributed by atoms with van der Waals surface area (Å²) in [5.74, 6) is -3.40. The van der Waals surface area contributed by atoms with Gasteiger partial charge in [-0.2, -0.15) is 0 Å². The molecule has 2 N–H and O–H groups in total. The maximum absolute atomic E-state index is 11.6. The van der Waals surface area contributed by atoms with Crippen molar-refractivity contribution in [3.05, 3.63) is 29.8 Å². The lowest BCUT2D eigenvalue weighted by Gasteiger charge is -2.10. The molecule has 1 unspecified atom stereocenters. The maximum atomic E-state index is 11.6. The molecule has 0 aliphatic rings. The number of hydrogen-bond acceptors (Lipinski definition) is 4. The lowest BCUT2D eigenvalue weighted by molar-refractivity contribution is -0.144. The molecule has 0 aliphatic carbocycles. The molecule has 1 aromatic carbocycles. The maximum Gasteiger partial charge on any atom is 0.338 e. The molecule has 0 bridgehead atoms. The minimum atomic E-state index is -1.19. The highest BCUT2D eigenvalue weighted by molar-refractivity contribution is 6.04. The van der Waals surface area contributed by atoms with E-state index in [0.717, 1.165) is 0 Å². The highest BCUT2D eigenvalue weighted by Crippen LogP contribution is 2.12. The minimum absolute atomic E-state index is 0.210. The van der Waals surface area contributed by atoms with E-state index in [2.05, 4.69) is 5.32 Å². The minimum Gasteiger partial charge on any atom is -0.481 e. The van der Waals surface area contributed by atoms with Crippen LogP contribution >= 0.6 is 0 Å². The van der Waals surface area contributed by atoms with Crippen LogP contribution in [0.2, 0.25) is 0 Å². The standard InChI is InChI=1S/C14H17NO5/c1-8(2)20-14(19)10-4-6-11(7-5-10)15-12(16)9(3)13(17)18/h4-9H,1-3H3,(H,15,16)(H,17,18). The summed E-state index contributed by atoms with van der Waals surface area (Å²) in [5.41, 5.74) is 0.784. The summed E-state index contributed by atoms with van der Waals surface area (Å²) in [6, 6.07) is 6.05. The van der Waals surface area contributed by atoms with Gasteiger partial charge in [-0.15, -0.1) is 0 Å². The highest BCUT2D eigenvalue weighted by Gasteiger charge is 2.20. The molecule has 1 atom stereocenters. The van der Waals surface area contributed by atoms with Crippen molar-refractivity contribution in [3.8, 4) is 0 Å². The van der Waals surface area contributed by atoms with Gasteiger partial charge in [0.2, 0.25) is 5.91 Å². The first-order valence-electron chi connectivity index (χ1n) is 6.16. The molecule has 20 heavy (non-hydrogen) atoms. The molecule has 0 saturated heterocycles. The molecule has 108 valence electrons. The van der Waals surface area contributed by atoms with Crippen LogP contribution in [-0.4, -0.2) is 29.1 Å². The molecule has 0 saturated carbocycles. The van der Waals surface area contributed by atoms with Crippen molar-refractivity contribution in [1.82, 2.24) is 0 Å². The molecule has 0 heterocycles. The Balaban J connectivity index is 2.70. The van der Waals surface area contributed by atoms with Gasteiger partial charge in [0.15, 0.2) is 0 Å². The fourth-order valence-corrected chi connectivity index (χ4v) is 1.33. The van der Waals surface area contributed by atoms with Crippen molar-refractivity contribution >= 4 is 23.5 Å². The average molecular weight is 279 g/mol. The third-order valence-corrected chi connectivity index (χ3v) is 2.49. The number of esters is 1. The molecule has 0 aromatic heterocycles. The van der Waals surface area contributed by atoms with Crippen molar-refractivity contribution in [2.45, 2.75) is 26.9 Å². The van der Waals surface area contributed by atoms with Crippen LogP contribution in [0.1, 0.15) is 31.1 Å². The number of carboxylic acids is 1. The number of carboxylic acid groups (broad SMARTS) is 1. The Labute approximate surface area is 116 Å². The first kappa shape index (κ1) is 15.7. The second-order valence-corrected chi connectivity index (χ2v) is 4.58. The largest absolute Gasteiger partial charge is 0.481 e. The number of ether oxygens (including phenoxy) is 1. The summed E-state index contributed by atoms with van der Waals surface area (Å²) in [4.78, 5) is 33.8. The third kappa shape index (κ3) is 4.38. The lowest BCUT2D eigenvalue weighted by atomic mass is 10.1. The molecule has 1 aromatic rings. The van der Waals surface area contributed by atoms with Crippen LogP contribution in [0.25, 0.3) is 0 Å². The van der Waals surface area contributed by atoms with E-state index in [1.54, 1.807) is 13.8 Å². The van der Waals surface area contributed by atoms with E-state index < -0.39 is 23.8 Å². The summed E-state index contributed by atoms with van der Waals surface area (Å²) in [7, 11) is 0. The Bertz CT molecular complexity index is 507. The molecule has 6 nitrogen and oxygen atoms in total. The zero-order chi connectivity index (χ0) is 15.3. The molecule has 0 aliphatic heterocycles. The predicted molar refractivity (Wildman–Crippen MR) is 72.4 cm³/mol. The van der Waals surface area contributed by atoms with Crippen molar-refractivity contribution in [2.75, 3.05) is 5.32 Å². The number of benzene rings is 1. The zero-order valence-electron chi connectivity index (χ0n) is 11.5. The molecule has 0 radical (unpaired) electrons. The van der Waals surface area contributed by atoms with Crippen LogP contribution in [0.5, 0.6) is 0 Å². The Morgan fingerprint density at radius 2 is 1.65 bits per heavy atom. The summed E-state index contributed by atoms with van der Waals surface area (Å²) in [6.45, 7) is 4.80. The summed E-state index contributed by atoms with van der Waals surface area (Å²) in [5, 5.41) is 11.2. The Morgan fingerprint density at radius 3 is 2.10 bits per heavy atom. The summed E-state index contributed by atoms with van der Waals surface area (Å²) >= 11 is 0. The number of carbonyl (C=O) groups is 3. The monoisotopic (exact) mass is 279 g/mol. The molecular formula is C14H17NO5. The Hall–Kier alpha value is -2.37. The zero-order valence-corrected chi connectivity index (χ0v) is 11.5. The van der Waals surface area contributed by atoms with E-state index in [0.29, 0.717) is 11.3 Å². The first-order chi connectivity index (χ1) is 9.31. The Morgan fingerprint density at radius 1 is 1.10 bits per heavy atom. The molecule has 0 fully saturated rings. The number of anilines is 1. The SMILES string of the molecule is CC(C)OC(=O)c1ccc(NC(=O)C(C)C(=O)O)cc1. The van der Waals surface area contributed by atoms with Gasteiger partial charge in [0.25, 0.3) is 0 Å². The Kier molecular flexibility index (Phi) is 5.25. The topological polar surface area (TPSA) is 92.7 Å². The molecule has 6 heteroatoms. The van der Waals surface area contributed by atoms with E-state index in [-0.39, 0.29) is 6.10 Å². The van der Waals surface area contributed by atoms with E-state index in [1.165, 1.54) is 31.2 Å².